The first-order chi connectivity index (χ1) is 9.47. The number of hydrogen-bond acceptors (Lipinski definition) is 2. The van der Waals surface area contributed by atoms with Crippen LogP contribution in [0.1, 0.15) is 50.4 Å². The topological polar surface area (TPSA) is 26.3 Å². The van der Waals surface area contributed by atoms with Crippen LogP contribution in [-0.4, -0.2) is 12.1 Å². The van der Waals surface area contributed by atoms with Crippen molar-refractivity contribution >= 4 is 5.97 Å². The Balaban J connectivity index is 2.08. The van der Waals surface area contributed by atoms with E-state index in [1.807, 2.05) is 0 Å². The van der Waals surface area contributed by atoms with Gasteiger partial charge in [-0.25, -0.2) is 9.18 Å². The van der Waals surface area contributed by atoms with E-state index in [-0.39, 0.29) is 6.10 Å². The van der Waals surface area contributed by atoms with Crippen molar-refractivity contribution in [3.05, 3.63) is 35.6 Å². The average Bonchev–Trinajstić information content (AvgIpc) is 2.38. The van der Waals surface area contributed by atoms with Crippen molar-refractivity contribution < 1.29 is 13.9 Å². The fourth-order valence-corrected chi connectivity index (χ4v) is 3.07. The molecule has 1 aliphatic rings. The molecule has 1 aromatic rings. The Bertz CT molecular complexity index is 470. The lowest BCUT2D eigenvalue weighted by molar-refractivity contribution is -0.0174. The Kier molecular flexibility index (Phi) is 4.79. The zero-order valence-electron chi connectivity index (χ0n) is 12.4. The van der Waals surface area contributed by atoms with Crippen molar-refractivity contribution in [1.82, 2.24) is 0 Å². The number of carbonyl (C=O) groups excluding carboxylic acids is 1. The minimum Gasteiger partial charge on any atom is -0.458 e. The summed E-state index contributed by atoms with van der Waals surface area (Å²) in [5, 5.41) is 0. The summed E-state index contributed by atoms with van der Waals surface area (Å²) in [6, 6.07) is 5.70. The number of benzene rings is 1. The Morgan fingerprint density at radius 2 is 2.10 bits per heavy atom. The summed E-state index contributed by atoms with van der Waals surface area (Å²) in [5.74, 6) is 0.665. The van der Waals surface area contributed by atoms with Gasteiger partial charge >= 0.3 is 5.97 Å². The molecule has 0 radical (unpaired) electrons. The van der Waals surface area contributed by atoms with Gasteiger partial charge in [-0.3, -0.25) is 0 Å². The Hall–Kier alpha value is -1.38. The van der Waals surface area contributed by atoms with Gasteiger partial charge in [-0.05, 0) is 48.8 Å². The third kappa shape index (κ3) is 3.59. The van der Waals surface area contributed by atoms with Crippen molar-refractivity contribution in [2.24, 2.45) is 17.8 Å². The number of esters is 1. The molecule has 1 fully saturated rings. The van der Waals surface area contributed by atoms with Gasteiger partial charge < -0.3 is 4.74 Å². The molecule has 0 saturated heterocycles. The van der Waals surface area contributed by atoms with Crippen LogP contribution < -0.4 is 0 Å². The van der Waals surface area contributed by atoms with E-state index in [0.717, 1.165) is 12.8 Å². The van der Waals surface area contributed by atoms with Crippen molar-refractivity contribution in [1.29, 1.82) is 0 Å². The first-order valence-corrected chi connectivity index (χ1v) is 7.44. The highest BCUT2D eigenvalue weighted by molar-refractivity contribution is 5.89. The first kappa shape index (κ1) is 15.0. The standard InChI is InChI=1S/C17H23FO2/c1-11(2)15-8-7-12(3)9-16(15)20-17(19)13-5-4-6-14(18)10-13/h4-6,10-12,15-16H,7-9H2,1-3H3/t12-,15+,16-/m0/s1. The summed E-state index contributed by atoms with van der Waals surface area (Å²) >= 11 is 0. The molecule has 3 heteroatoms. The molecular formula is C17H23FO2. The second-order valence-electron chi connectivity index (χ2n) is 6.28. The van der Waals surface area contributed by atoms with E-state index in [2.05, 4.69) is 20.8 Å². The van der Waals surface area contributed by atoms with Gasteiger partial charge in [0, 0.05) is 0 Å². The largest absolute Gasteiger partial charge is 0.458 e. The second kappa shape index (κ2) is 6.38. The van der Waals surface area contributed by atoms with Gasteiger partial charge in [-0.1, -0.05) is 33.3 Å². The van der Waals surface area contributed by atoms with Crippen molar-refractivity contribution in [2.45, 2.75) is 46.1 Å². The normalized spacial score (nSPS) is 26.6. The molecule has 1 saturated carbocycles. The summed E-state index contributed by atoms with van der Waals surface area (Å²) in [5.41, 5.74) is 0.297. The Morgan fingerprint density at radius 1 is 1.35 bits per heavy atom. The molecule has 110 valence electrons. The van der Waals surface area contributed by atoms with Crippen LogP contribution in [0, 0.1) is 23.6 Å². The average molecular weight is 278 g/mol. The summed E-state index contributed by atoms with van der Waals surface area (Å²) in [4.78, 5) is 12.2. The highest BCUT2D eigenvalue weighted by Gasteiger charge is 2.33. The van der Waals surface area contributed by atoms with Crippen molar-refractivity contribution in [3.8, 4) is 0 Å². The third-order valence-electron chi connectivity index (χ3n) is 4.28. The molecule has 0 heterocycles. The molecule has 0 spiro atoms. The van der Waals surface area contributed by atoms with Gasteiger partial charge in [0.1, 0.15) is 11.9 Å². The quantitative estimate of drug-likeness (QED) is 0.764. The van der Waals surface area contributed by atoms with Gasteiger partial charge in [0.25, 0.3) is 0 Å². The minimum absolute atomic E-state index is 0.0467. The van der Waals surface area contributed by atoms with Crippen LogP contribution in [0.25, 0.3) is 0 Å². The van der Waals surface area contributed by atoms with Crippen LogP contribution in [0.5, 0.6) is 0 Å². The molecule has 3 atom stereocenters. The van der Waals surface area contributed by atoms with E-state index in [4.69, 9.17) is 4.74 Å². The molecule has 2 rings (SSSR count). The summed E-state index contributed by atoms with van der Waals surface area (Å²) in [6.45, 7) is 6.53. The van der Waals surface area contributed by atoms with Gasteiger partial charge in [-0.2, -0.15) is 0 Å². The van der Waals surface area contributed by atoms with Crippen LogP contribution in [0.4, 0.5) is 4.39 Å². The summed E-state index contributed by atoms with van der Waals surface area (Å²) < 4.78 is 18.8. The third-order valence-corrected chi connectivity index (χ3v) is 4.28. The number of ether oxygens (including phenoxy) is 1. The van der Waals surface area contributed by atoms with Gasteiger partial charge in [0.2, 0.25) is 0 Å². The zero-order valence-corrected chi connectivity index (χ0v) is 12.4. The maximum Gasteiger partial charge on any atom is 0.338 e. The number of rotatable bonds is 3. The van der Waals surface area contributed by atoms with Gasteiger partial charge in [0.05, 0.1) is 5.56 Å². The summed E-state index contributed by atoms with van der Waals surface area (Å²) in [6.07, 6.45) is 3.15. The first-order valence-electron chi connectivity index (χ1n) is 7.44. The number of hydrogen-bond donors (Lipinski definition) is 0. The lowest BCUT2D eigenvalue weighted by atomic mass is 9.75. The fraction of sp³-hybridized carbons (Fsp3) is 0.588. The zero-order chi connectivity index (χ0) is 14.7. The van der Waals surface area contributed by atoms with Crippen molar-refractivity contribution in [3.63, 3.8) is 0 Å². The molecule has 0 N–H and O–H groups in total. The van der Waals surface area contributed by atoms with E-state index in [1.165, 1.54) is 24.6 Å². The van der Waals surface area contributed by atoms with Crippen LogP contribution in [0.3, 0.4) is 0 Å². The molecular weight excluding hydrogens is 255 g/mol. The van der Waals surface area contributed by atoms with E-state index in [0.29, 0.717) is 23.3 Å². The van der Waals surface area contributed by atoms with Gasteiger partial charge in [0.15, 0.2) is 0 Å². The van der Waals surface area contributed by atoms with Crippen molar-refractivity contribution in [2.75, 3.05) is 0 Å². The van der Waals surface area contributed by atoms with Crippen LogP contribution in [0.2, 0.25) is 0 Å². The number of carbonyl (C=O) groups is 1. The Morgan fingerprint density at radius 3 is 2.75 bits per heavy atom. The molecule has 0 amide bonds. The number of halogens is 1. The van der Waals surface area contributed by atoms with E-state index >= 15 is 0 Å². The fourth-order valence-electron chi connectivity index (χ4n) is 3.07. The second-order valence-corrected chi connectivity index (χ2v) is 6.28. The maximum absolute atomic E-state index is 13.2. The van der Waals surface area contributed by atoms with Crippen LogP contribution >= 0.6 is 0 Å². The Labute approximate surface area is 120 Å². The van der Waals surface area contributed by atoms with E-state index in [1.54, 1.807) is 6.07 Å². The van der Waals surface area contributed by atoms with E-state index in [9.17, 15) is 9.18 Å². The lowest BCUT2D eigenvalue weighted by Crippen LogP contribution is -2.35. The van der Waals surface area contributed by atoms with E-state index < -0.39 is 11.8 Å². The molecule has 1 aliphatic carbocycles. The van der Waals surface area contributed by atoms with Crippen LogP contribution in [-0.2, 0) is 4.74 Å². The lowest BCUT2D eigenvalue weighted by Gasteiger charge is -2.36. The molecule has 0 bridgehead atoms. The molecule has 0 aromatic heterocycles. The molecule has 0 aliphatic heterocycles. The summed E-state index contributed by atoms with van der Waals surface area (Å²) in [7, 11) is 0. The predicted octanol–water partition coefficient (Wildman–Crippen LogP) is 4.44. The smallest absolute Gasteiger partial charge is 0.338 e. The predicted molar refractivity (Wildman–Crippen MR) is 76.9 cm³/mol. The highest BCUT2D eigenvalue weighted by atomic mass is 19.1. The molecule has 20 heavy (non-hydrogen) atoms. The molecule has 1 aromatic carbocycles. The van der Waals surface area contributed by atoms with Crippen LogP contribution in [0.15, 0.2) is 24.3 Å². The monoisotopic (exact) mass is 278 g/mol. The minimum atomic E-state index is -0.408. The highest BCUT2D eigenvalue weighted by Crippen LogP contribution is 2.35. The molecule has 2 nitrogen and oxygen atoms in total. The SMILES string of the molecule is CC(C)[C@H]1CC[C@H](C)C[C@@H]1OC(=O)c1cccc(F)c1. The maximum atomic E-state index is 13.2. The molecule has 0 unspecified atom stereocenters. The van der Waals surface area contributed by atoms with Gasteiger partial charge in [-0.15, -0.1) is 0 Å².